The lowest BCUT2D eigenvalue weighted by molar-refractivity contribution is -0.724. The van der Waals surface area contributed by atoms with Gasteiger partial charge in [-0.3, -0.25) is 0 Å². The Labute approximate surface area is 74.1 Å². The number of benzene rings is 1. The molecule has 0 atom stereocenters. The van der Waals surface area contributed by atoms with Crippen LogP contribution >= 0.6 is 0 Å². The van der Waals surface area contributed by atoms with E-state index in [1.54, 1.807) is 24.3 Å². The highest BCUT2D eigenvalue weighted by Crippen LogP contribution is 2.00. The first kappa shape index (κ1) is 9.18. The number of hydrogen-bond acceptors (Lipinski definition) is 3. The highest BCUT2D eigenvalue weighted by atomic mass is 16.7. The molecule has 5 nitrogen and oxygen atoms in total. The Bertz CT molecular complexity index is 309. The Morgan fingerprint density at radius 3 is 2.54 bits per heavy atom. The molecule has 13 heavy (non-hydrogen) atoms. The van der Waals surface area contributed by atoms with Gasteiger partial charge < -0.3 is 4.74 Å². The largest absolute Gasteiger partial charge is 0.698 e. The quantitative estimate of drug-likeness (QED) is 0.555. The maximum Gasteiger partial charge on any atom is 0.698 e. The number of hydrogen-bond donors (Lipinski definition) is 1. The van der Waals surface area contributed by atoms with Crippen LogP contribution in [0.15, 0.2) is 30.3 Å². The van der Waals surface area contributed by atoms with E-state index in [-0.39, 0.29) is 6.61 Å². The average Bonchev–Trinajstić information content (AvgIpc) is 2.15. The molecule has 0 fully saturated rings. The highest BCUT2D eigenvalue weighted by molar-refractivity contribution is 5.56. The molecule has 1 aromatic rings. The zero-order valence-corrected chi connectivity index (χ0v) is 6.71. The van der Waals surface area contributed by atoms with Gasteiger partial charge in [0.15, 0.2) is 0 Å². The third kappa shape index (κ3) is 2.90. The van der Waals surface area contributed by atoms with Crippen molar-refractivity contribution in [3.63, 3.8) is 0 Å². The molecule has 0 saturated heterocycles. The number of ether oxygens (including phenoxy) is 1. The predicted octanol–water partition coefficient (Wildman–Crippen LogP) is 1.49. The molecule has 0 bridgehead atoms. The van der Waals surface area contributed by atoms with Crippen LogP contribution in [0, 0.1) is 4.91 Å². The summed E-state index contributed by atoms with van der Waals surface area (Å²) in [5.41, 5.74) is 0.748. The summed E-state index contributed by atoms with van der Waals surface area (Å²) in [6, 6.07) is 8.84. The minimum absolute atomic E-state index is 0.0288. The topological polar surface area (TPSA) is 66.6 Å². The molecule has 0 aliphatic rings. The first-order valence-corrected chi connectivity index (χ1v) is 3.57. The van der Waals surface area contributed by atoms with Crippen molar-refractivity contribution in [2.45, 2.75) is 6.61 Å². The van der Waals surface area contributed by atoms with Gasteiger partial charge in [0, 0.05) is 0 Å². The van der Waals surface area contributed by atoms with Crippen LogP contribution in [0.4, 0.5) is 4.79 Å². The van der Waals surface area contributed by atoms with Gasteiger partial charge >= 0.3 is 11.0 Å². The maximum atomic E-state index is 10.5. The van der Waals surface area contributed by atoms with Crippen LogP contribution in [0.2, 0.25) is 0 Å². The third-order valence-corrected chi connectivity index (χ3v) is 1.36. The minimum atomic E-state index is -1.32. The van der Waals surface area contributed by atoms with Crippen molar-refractivity contribution in [1.82, 2.24) is 0 Å². The summed E-state index contributed by atoms with van der Waals surface area (Å²) in [5, 5.41) is 8.10. The number of amides is 1. The van der Waals surface area contributed by atoms with Crippen molar-refractivity contribution >= 4 is 6.09 Å². The fraction of sp³-hybridized carbons (Fsp3) is 0.125. The molecular formula is C8H8NO4+. The van der Waals surface area contributed by atoms with E-state index in [1.165, 1.54) is 0 Å². The standard InChI is InChI=1S/C8H8NO4/c10-8(9(11)12)13-6-7-4-2-1-3-5-7/h1-5H,6H2,(H,11,12)/q+1. The number of carbonyl (C=O) groups excluding carboxylic acids is 1. The van der Waals surface area contributed by atoms with Gasteiger partial charge in [-0.05, 0) is 5.56 Å². The molecule has 5 heteroatoms. The molecule has 0 spiro atoms. The zero-order valence-electron chi connectivity index (χ0n) is 6.71. The lowest BCUT2D eigenvalue weighted by Crippen LogP contribution is -2.15. The van der Waals surface area contributed by atoms with Crippen molar-refractivity contribution in [2.24, 2.45) is 0 Å². The van der Waals surface area contributed by atoms with Gasteiger partial charge in [0.1, 0.15) is 6.61 Å². The first-order valence-electron chi connectivity index (χ1n) is 3.57. The van der Waals surface area contributed by atoms with Crippen LogP contribution in [0.3, 0.4) is 0 Å². The molecule has 0 saturated carbocycles. The minimum Gasteiger partial charge on any atom is -0.400 e. The number of nitrogens with zero attached hydrogens (tertiary/aromatic N) is 1. The van der Waals surface area contributed by atoms with Crippen LogP contribution in [0.25, 0.3) is 0 Å². The molecule has 1 N–H and O–H groups in total. The Balaban J connectivity index is 2.44. The first-order chi connectivity index (χ1) is 6.20. The van der Waals surface area contributed by atoms with Crippen LogP contribution < -0.4 is 0 Å². The van der Waals surface area contributed by atoms with Gasteiger partial charge in [0.2, 0.25) is 0 Å². The smallest absolute Gasteiger partial charge is 0.400 e. The van der Waals surface area contributed by atoms with Gasteiger partial charge in [-0.15, -0.1) is 0 Å². The average molecular weight is 182 g/mol. The Morgan fingerprint density at radius 2 is 2.00 bits per heavy atom. The van der Waals surface area contributed by atoms with Crippen LogP contribution in [-0.2, 0) is 11.3 Å². The molecule has 0 unspecified atom stereocenters. The summed E-state index contributed by atoms with van der Waals surface area (Å²) in [5.74, 6) is 0. The van der Waals surface area contributed by atoms with Gasteiger partial charge in [0.25, 0.3) is 0 Å². The normalized spacial score (nSPS) is 9.23. The monoisotopic (exact) mass is 182 g/mol. The molecule has 0 aromatic heterocycles. The summed E-state index contributed by atoms with van der Waals surface area (Å²) >= 11 is 0. The van der Waals surface area contributed by atoms with Crippen LogP contribution in [0.1, 0.15) is 5.56 Å². The Hall–Kier alpha value is -1.91. The lowest BCUT2D eigenvalue weighted by atomic mass is 10.2. The molecule has 1 rings (SSSR count). The molecule has 68 valence electrons. The summed E-state index contributed by atoms with van der Waals surface area (Å²) in [6.45, 7) is -0.0288. The van der Waals surface area contributed by atoms with Crippen molar-refractivity contribution < 1.29 is 19.7 Å². The van der Waals surface area contributed by atoms with E-state index in [4.69, 9.17) is 5.21 Å². The SMILES string of the molecule is O=C(OCc1ccccc1)[N+](=O)O. The second-order valence-corrected chi connectivity index (χ2v) is 2.31. The van der Waals surface area contributed by atoms with E-state index in [9.17, 15) is 9.70 Å². The van der Waals surface area contributed by atoms with E-state index < -0.39 is 11.0 Å². The van der Waals surface area contributed by atoms with E-state index in [2.05, 4.69) is 4.74 Å². The third-order valence-electron chi connectivity index (χ3n) is 1.36. The van der Waals surface area contributed by atoms with Gasteiger partial charge in [-0.25, -0.2) is 5.21 Å². The Kier molecular flexibility index (Phi) is 2.97. The van der Waals surface area contributed by atoms with Crippen molar-refractivity contribution in [3.8, 4) is 0 Å². The van der Waals surface area contributed by atoms with Crippen LogP contribution in [-0.4, -0.2) is 16.2 Å². The van der Waals surface area contributed by atoms with Crippen molar-refractivity contribution in [1.29, 1.82) is 0 Å². The summed E-state index contributed by atoms with van der Waals surface area (Å²) < 4.78 is 4.41. The summed E-state index contributed by atoms with van der Waals surface area (Å²) in [4.78, 5) is 19.6. The van der Waals surface area contributed by atoms with E-state index in [0.717, 1.165) is 5.56 Å². The van der Waals surface area contributed by atoms with Gasteiger partial charge in [-0.2, -0.15) is 4.79 Å². The molecule has 0 radical (unpaired) electrons. The van der Waals surface area contributed by atoms with Gasteiger partial charge in [0.05, 0.1) is 4.91 Å². The summed E-state index contributed by atoms with van der Waals surface area (Å²) in [7, 11) is 0. The number of rotatable bonds is 2. The van der Waals surface area contributed by atoms with Crippen LogP contribution in [0.5, 0.6) is 0 Å². The molecule has 0 heterocycles. The predicted molar refractivity (Wildman–Crippen MR) is 42.0 cm³/mol. The second-order valence-electron chi connectivity index (χ2n) is 2.31. The molecule has 1 amide bonds. The van der Waals surface area contributed by atoms with Gasteiger partial charge in [-0.1, -0.05) is 30.3 Å². The lowest BCUT2D eigenvalue weighted by Gasteiger charge is -1.96. The second kappa shape index (κ2) is 4.20. The van der Waals surface area contributed by atoms with Crippen molar-refractivity contribution in [2.75, 3.05) is 0 Å². The highest BCUT2D eigenvalue weighted by Gasteiger charge is 2.23. The molecule has 1 aromatic carbocycles. The summed E-state index contributed by atoms with van der Waals surface area (Å²) in [6.07, 6.45) is -1.32. The van der Waals surface area contributed by atoms with Crippen molar-refractivity contribution in [3.05, 3.63) is 40.8 Å². The maximum absolute atomic E-state index is 10.5. The fourth-order valence-corrected chi connectivity index (χ4v) is 0.775. The molecular weight excluding hydrogens is 174 g/mol. The zero-order chi connectivity index (χ0) is 9.68. The number of carbonyl (C=O) groups is 1. The molecule has 0 aliphatic heterocycles. The Morgan fingerprint density at radius 1 is 1.38 bits per heavy atom. The van der Waals surface area contributed by atoms with E-state index >= 15 is 0 Å². The van der Waals surface area contributed by atoms with E-state index in [1.807, 2.05) is 6.07 Å². The fourth-order valence-electron chi connectivity index (χ4n) is 0.775. The molecule has 0 aliphatic carbocycles. The van der Waals surface area contributed by atoms with E-state index in [0.29, 0.717) is 0 Å².